The van der Waals surface area contributed by atoms with Gasteiger partial charge in [-0.15, -0.1) is 0 Å². The summed E-state index contributed by atoms with van der Waals surface area (Å²) in [6.45, 7) is 2.42. The Morgan fingerprint density at radius 3 is 2.24 bits per heavy atom. The van der Waals surface area contributed by atoms with E-state index in [4.69, 9.17) is 9.47 Å². The Kier molecular flexibility index (Phi) is 11.4. The van der Waals surface area contributed by atoms with Gasteiger partial charge < -0.3 is 29.5 Å². The van der Waals surface area contributed by atoms with Gasteiger partial charge in [0, 0.05) is 37.7 Å². The number of hydrogen-bond donors (Lipinski definition) is 1. The van der Waals surface area contributed by atoms with Crippen LogP contribution in [0.15, 0.2) is 66.7 Å². The number of amides is 2. The number of nitrogens with zero attached hydrogens (tertiary/aromatic N) is 3. The fraction of sp³-hybridized carbons (Fsp3) is 0.487. The molecule has 2 saturated heterocycles. The molecule has 3 aromatic carbocycles. The fourth-order valence-corrected chi connectivity index (χ4v) is 7.98. The minimum absolute atomic E-state index is 0.0218. The molecular weight excluding hydrogens is 721 g/mol. The lowest BCUT2D eigenvalue weighted by Gasteiger charge is -2.44. The zero-order valence-electron chi connectivity index (χ0n) is 30.0. The molecule has 6 rings (SSSR count). The van der Waals surface area contributed by atoms with Gasteiger partial charge in [0.05, 0.1) is 23.8 Å². The van der Waals surface area contributed by atoms with Crippen LogP contribution in [0.25, 0.3) is 0 Å². The smallest absolute Gasteiger partial charge is 0.367 e. The van der Waals surface area contributed by atoms with Crippen molar-refractivity contribution < 1.29 is 49.8 Å². The summed E-state index contributed by atoms with van der Waals surface area (Å²) in [4.78, 5) is 31.4. The Bertz CT molecular complexity index is 1780. The zero-order valence-corrected chi connectivity index (χ0v) is 30.0. The molecule has 0 radical (unpaired) electrons. The number of ether oxygens (including phenoxy) is 2. The molecular formula is C39H43F7N4O4. The van der Waals surface area contributed by atoms with Crippen molar-refractivity contribution in [3.8, 4) is 0 Å². The summed E-state index contributed by atoms with van der Waals surface area (Å²) in [6, 6.07) is 14.5. The first-order valence-corrected chi connectivity index (χ1v) is 17.8. The first kappa shape index (κ1) is 39.6. The number of benzene rings is 3. The highest BCUT2D eigenvalue weighted by molar-refractivity contribution is 5.95. The number of alkyl halides is 6. The quantitative estimate of drug-likeness (QED) is 0.234. The first-order valence-electron chi connectivity index (χ1n) is 17.8. The lowest BCUT2D eigenvalue weighted by atomic mass is 9.72. The van der Waals surface area contributed by atoms with Crippen LogP contribution in [0.3, 0.4) is 0 Å². The van der Waals surface area contributed by atoms with Crippen LogP contribution in [0.5, 0.6) is 0 Å². The maximum atomic E-state index is 14.0. The standard InChI is InChI=1S/C39H43F7N4O4/c1-47-14-18-48(2)34(51)23-53-33-21-26-5-3-4-6-32(26)36(33)11-15-49(16-12-36)17-13-37(28-7-9-31(40)10-8-28)24-50(25-54-37)35(52)27-19-29(38(41,42)43)22-30(20-27)39(44,45)46/h3-10,19-20,22,33,47H,11-18,21,23-25H2,1-2H3/t33-,37-/m0/s1. The van der Waals surface area contributed by atoms with E-state index < -0.39 is 53.1 Å². The van der Waals surface area contributed by atoms with E-state index in [2.05, 4.69) is 22.3 Å². The van der Waals surface area contributed by atoms with Crippen molar-refractivity contribution in [1.29, 1.82) is 0 Å². The van der Waals surface area contributed by atoms with Crippen molar-refractivity contribution in [3.63, 3.8) is 0 Å². The SMILES string of the molecule is CNCCN(C)C(=O)CO[C@H]1Cc2ccccc2C12CCN(CC[C@@]1(c3ccc(F)cc3)CN(C(=O)c3cc(C(F)(F)F)cc(C(F)(F)F)c3)CO1)CC2. The highest BCUT2D eigenvalue weighted by Crippen LogP contribution is 2.48. The number of likely N-dealkylation sites (N-methyl/N-ethyl adjacent to an activating group) is 2. The molecule has 0 unspecified atom stereocenters. The van der Waals surface area contributed by atoms with E-state index in [1.54, 1.807) is 11.9 Å². The van der Waals surface area contributed by atoms with Crippen LogP contribution >= 0.6 is 0 Å². The predicted octanol–water partition coefficient (Wildman–Crippen LogP) is 6.23. The van der Waals surface area contributed by atoms with Crippen LogP contribution in [0.1, 0.15) is 57.4 Å². The molecule has 3 aromatic rings. The molecule has 0 bridgehead atoms. The summed E-state index contributed by atoms with van der Waals surface area (Å²) in [6.07, 6.45) is -7.96. The van der Waals surface area contributed by atoms with E-state index in [0.717, 1.165) is 17.7 Å². The Labute approximate surface area is 309 Å². The minimum Gasteiger partial charge on any atom is -0.367 e. The molecule has 3 aliphatic rings. The number of likely N-dealkylation sites (tertiary alicyclic amines) is 1. The molecule has 2 atom stereocenters. The molecule has 1 spiro atoms. The van der Waals surface area contributed by atoms with E-state index in [9.17, 15) is 40.3 Å². The average molecular weight is 765 g/mol. The van der Waals surface area contributed by atoms with Crippen LogP contribution in [0.2, 0.25) is 0 Å². The Balaban J connectivity index is 1.17. The number of nitrogens with one attached hydrogen (secondary N) is 1. The second-order valence-corrected chi connectivity index (χ2v) is 14.4. The van der Waals surface area contributed by atoms with E-state index >= 15 is 0 Å². The summed E-state index contributed by atoms with van der Waals surface area (Å²) in [7, 11) is 3.57. The topological polar surface area (TPSA) is 74.4 Å². The largest absolute Gasteiger partial charge is 0.416 e. The van der Waals surface area contributed by atoms with Crippen molar-refractivity contribution >= 4 is 11.8 Å². The van der Waals surface area contributed by atoms with Gasteiger partial charge in [-0.2, -0.15) is 26.3 Å². The van der Waals surface area contributed by atoms with Crippen molar-refractivity contribution in [3.05, 3.63) is 106 Å². The van der Waals surface area contributed by atoms with Crippen LogP contribution in [-0.2, 0) is 44.1 Å². The van der Waals surface area contributed by atoms with E-state index in [-0.39, 0.29) is 36.6 Å². The van der Waals surface area contributed by atoms with Crippen molar-refractivity contribution in [2.24, 2.45) is 0 Å². The third-order valence-corrected chi connectivity index (χ3v) is 11.1. The third kappa shape index (κ3) is 8.28. The van der Waals surface area contributed by atoms with Gasteiger partial charge in [-0.3, -0.25) is 9.59 Å². The second kappa shape index (κ2) is 15.6. The van der Waals surface area contributed by atoms with Crippen LogP contribution in [-0.4, -0.2) is 99.3 Å². The Morgan fingerprint density at radius 2 is 1.61 bits per heavy atom. The lowest BCUT2D eigenvalue weighted by molar-refractivity contribution is -0.143. The van der Waals surface area contributed by atoms with E-state index in [1.807, 2.05) is 19.2 Å². The van der Waals surface area contributed by atoms with Crippen LogP contribution in [0, 0.1) is 5.82 Å². The summed E-state index contributed by atoms with van der Waals surface area (Å²) >= 11 is 0. The molecule has 2 fully saturated rings. The van der Waals surface area contributed by atoms with Gasteiger partial charge in [-0.25, -0.2) is 4.39 Å². The average Bonchev–Trinajstić information content (AvgIpc) is 3.72. The monoisotopic (exact) mass is 764 g/mol. The number of rotatable bonds is 11. The number of halogens is 7. The molecule has 2 heterocycles. The molecule has 0 aromatic heterocycles. The Morgan fingerprint density at radius 1 is 0.963 bits per heavy atom. The molecule has 2 amide bonds. The van der Waals surface area contributed by atoms with Gasteiger partial charge in [0.15, 0.2) is 0 Å². The van der Waals surface area contributed by atoms with Gasteiger partial charge in [-0.1, -0.05) is 36.4 Å². The van der Waals surface area contributed by atoms with Crippen molar-refractivity contribution in [2.75, 3.05) is 66.7 Å². The molecule has 0 saturated carbocycles. The molecule has 15 heteroatoms. The maximum absolute atomic E-state index is 14.0. The van der Waals surface area contributed by atoms with Crippen molar-refractivity contribution in [1.82, 2.24) is 20.0 Å². The fourth-order valence-electron chi connectivity index (χ4n) is 7.98. The van der Waals surface area contributed by atoms with Gasteiger partial charge in [0.1, 0.15) is 24.8 Å². The van der Waals surface area contributed by atoms with Gasteiger partial charge in [0.25, 0.3) is 5.91 Å². The van der Waals surface area contributed by atoms with Crippen LogP contribution < -0.4 is 5.32 Å². The second-order valence-electron chi connectivity index (χ2n) is 14.4. The van der Waals surface area contributed by atoms with E-state index in [0.29, 0.717) is 63.3 Å². The van der Waals surface area contributed by atoms with Gasteiger partial charge in [0.2, 0.25) is 5.91 Å². The number of hydrogen-bond acceptors (Lipinski definition) is 6. The highest BCUT2D eigenvalue weighted by atomic mass is 19.4. The molecule has 1 N–H and O–H groups in total. The number of carbonyl (C=O) groups is 2. The summed E-state index contributed by atoms with van der Waals surface area (Å²) in [5.74, 6) is -1.66. The third-order valence-electron chi connectivity index (χ3n) is 11.1. The molecule has 54 heavy (non-hydrogen) atoms. The van der Waals surface area contributed by atoms with Gasteiger partial charge >= 0.3 is 12.4 Å². The minimum atomic E-state index is -5.12. The van der Waals surface area contributed by atoms with Crippen LogP contribution in [0.4, 0.5) is 30.7 Å². The van der Waals surface area contributed by atoms with Gasteiger partial charge in [-0.05, 0) is 92.8 Å². The first-order chi connectivity index (χ1) is 25.5. The highest BCUT2D eigenvalue weighted by Gasteiger charge is 2.50. The zero-order chi connectivity index (χ0) is 38.9. The summed E-state index contributed by atoms with van der Waals surface area (Å²) in [5, 5.41) is 3.03. The number of piperidine rings is 1. The normalized spacial score (nSPS) is 21.4. The molecule has 292 valence electrons. The summed E-state index contributed by atoms with van der Waals surface area (Å²) in [5.41, 5.74) is -2.53. The summed E-state index contributed by atoms with van der Waals surface area (Å²) < 4.78 is 108. The number of carbonyl (C=O) groups excluding carboxylic acids is 2. The van der Waals surface area contributed by atoms with Crippen molar-refractivity contribution in [2.45, 2.75) is 55.2 Å². The Hall–Kier alpha value is -4.05. The predicted molar refractivity (Wildman–Crippen MR) is 185 cm³/mol. The maximum Gasteiger partial charge on any atom is 0.416 e. The molecule has 1 aliphatic carbocycles. The lowest BCUT2D eigenvalue weighted by Crippen LogP contribution is -2.50. The molecule has 8 nitrogen and oxygen atoms in total. The number of fused-ring (bicyclic) bond motifs is 2. The van der Waals surface area contributed by atoms with E-state index in [1.165, 1.54) is 35.4 Å². The molecule has 2 aliphatic heterocycles.